The first-order valence-corrected chi connectivity index (χ1v) is 5.57. The summed E-state index contributed by atoms with van der Waals surface area (Å²) in [6.45, 7) is 2.22. The molecule has 0 aromatic carbocycles. The molecule has 6 nitrogen and oxygen atoms in total. The van der Waals surface area contributed by atoms with Crippen LogP contribution in [0.4, 0.5) is 0 Å². The van der Waals surface area contributed by atoms with E-state index in [1.165, 1.54) is 7.05 Å². The van der Waals surface area contributed by atoms with Crippen molar-refractivity contribution in [3.63, 3.8) is 0 Å². The average molecular weight is 243 g/mol. The summed E-state index contributed by atoms with van der Waals surface area (Å²) in [5.74, 6) is 0.231. The Labute approximate surface area is 102 Å². The molecule has 0 aromatic rings. The maximum Gasteiger partial charge on any atom is 0.160 e. The summed E-state index contributed by atoms with van der Waals surface area (Å²) >= 11 is 0. The van der Waals surface area contributed by atoms with Crippen LogP contribution < -0.4 is 11.1 Å². The van der Waals surface area contributed by atoms with Crippen molar-refractivity contribution in [1.82, 2.24) is 5.32 Å². The number of carbonyl (C=O) groups is 1. The van der Waals surface area contributed by atoms with Gasteiger partial charge in [-0.2, -0.15) is 5.26 Å². The fourth-order valence-electron chi connectivity index (χ4n) is 1.35. The van der Waals surface area contributed by atoms with Crippen molar-refractivity contribution < 1.29 is 14.3 Å². The molecule has 2 heterocycles. The van der Waals surface area contributed by atoms with Crippen molar-refractivity contribution in [2.24, 2.45) is 5.73 Å². The van der Waals surface area contributed by atoms with Crippen molar-refractivity contribution in [2.75, 3.05) is 40.5 Å². The second-order valence-corrected chi connectivity index (χ2v) is 3.59. The van der Waals surface area contributed by atoms with Gasteiger partial charge in [0.25, 0.3) is 0 Å². The van der Waals surface area contributed by atoms with Crippen molar-refractivity contribution in [3.8, 4) is 6.07 Å². The van der Waals surface area contributed by atoms with Crippen LogP contribution in [-0.2, 0) is 14.3 Å². The van der Waals surface area contributed by atoms with Crippen LogP contribution in [0.15, 0.2) is 0 Å². The molecule has 17 heavy (non-hydrogen) atoms. The molecule has 2 saturated heterocycles. The summed E-state index contributed by atoms with van der Waals surface area (Å²) in [5.41, 5.74) is 4.11. The van der Waals surface area contributed by atoms with Crippen molar-refractivity contribution >= 4 is 5.78 Å². The Morgan fingerprint density at radius 2 is 2.12 bits per heavy atom. The lowest BCUT2D eigenvalue weighted by atomic mass is 10.0. The first kappa shape index (κ1) is 16.0. The van der Waals surface area contributed by atoms with Crippen LogP contribution in [-0.4, -0.2) is 51.8 Å². The van der Waals surface area contributed by atoms with Crippen LogP contribution in [0, 0.1) is 11.3 Å². The molecule has 2 rings (SSSR count). The summed E-state index contributed by atoms with van der Waals surface area (Å²) in [4.78, 5) is 10.1. The number of ketones is 1. The van der Waals surface area contributed by atoms with E-state index in [0.717, 1.165) is 6.42 Å². The predicted molar refractivity (Wildman–Crippen MR) is 63.4 cm³/mol. The number of hydrogen-bond acceptors (Lipinski definition) is 6. The van der Waals surface area contributed by atoms with Crippen molar-refractivity contribution in [2.45, 2.75) is 18.4 Å². The minimum absolute atomic E-state index is 0.231. The lowest BCUT2D eigenvalue weighted by molar-refractivity contribution is -0.117. The van der Waals surface area contributed by atoms with Gasteiger partial charge in [-0.15, -0.1) is 0 Å². The minimum atomic E-state index is -0.389. The molecular formula is C11H21N3O3. The lowest BCUT2D eigenvalue weighted by Crippen LogP contribution is -2.41. The number of nitrogens with one attached hydrogen (secondary N) is 1. The van der Waals surface area contributed by atoms with E-state index in [9.17, 15) is 4.79 Å². The van der Waals surface area contributed by atoms with Gasteiger partial charge < -0.3 is 20.5 Å². The van der Waals surface area contributed by atoms with Gasteiger partial charge in [-0.25, -0.2) is 0 Å². The van der Waals surface area contributed by atoms with E-state index in [0.29, 0.717) is 32.8 Å². The van der Waals surface area contributed by atoms with E-state index in [1.807, 2.05) is 0 Å². The Kier molecular flexibility index (Phi) is 8.54. The molecule has 2 aliphatic heterocycles. The van der Waals surface area contributed by atoms with Gasteiger partial charge in [-0.05, 0) is 14.1 Å². The maximum absolute atomic E-state index is 10.1. The maximum atomic E-state index is 10.1. The van der Waals surface area contributed by atoms with Crippen LogP contribution in [0.1, 0.15) is 12.8 Å². The summed E-state index contributed by atoms with van der Waals surface area (Å²) in [6.07, 6.45) is 1.43. The van der Waals surface area contributed by atoms with Crippen LogP contribution in [0.25, 0.3) is 0 Å². The van der Waals surface area contributed by atoms with Crippen LogP contribution in [0.3, 0.4) is 0 Å². The lowest BCUT2D eigenvalue weighted by Gasteiger charge is -2.15. The Bertz CT molecular complexity index is 249. The number of Topliss-reactive ketones (excluding diaryl/α,β-unsaturated/α-hetero) is 1. The van der Waals surface area contributed by atoms with Gasteiger partial charge >= 0.3 is 0 Å². The quantitative estimate of drug-likeness (QED) is 0.640. The third kappa shape index (κ3) is 5.75. The zero-order valence-corrected chi connectivity index (χ0v) is 10.5. The molecule has 3 N–H and O–H groups in total. The molecule has 6 heteroatoms. The van der Waals surface area contributed by atoms with Gasteiger partial charge in [-0.3, -0.25) is 4.79 Å². The smallest absolute Gasteiger partial charge is 0.160 e. The highest BCUT2D eigenvalue weighted by Gasteiger charge is 2.32. The number of carbonyl (C=O) groups excluding carboxylic acids is 1. The summed E-state index contributed by atoms with van der Waals surface area (Å²) in [6, 6.07) is 2.19. The van der Waals surface area contributed by atoms with Crippen LogP contribution in [0.2, 0.25) is 0 Å². The highest BCUT2D eigenvalue weighted by atomic mass is 16.5. The summed E-state index contributed by atoms with van der Waals surface area (Å²) < 4.78 is 9.76. The molecule has 0 spiro atoms. The number of nitrogens with zero attached hydrogens (tertiary/aromatic N) is 1. The van der Waals surface area contributed by atoms with E-state index in [4.69, 9.17) is 14.7 Å². The fourth-order valence-corrected chi connectivity index (χ4v) is 1.35. The normalized spacial score (nSPS) is 26.4. The Hall–Kier alpha value is -1.00. The first-order valence-electron chi connectivity index (χ1n) is 5.57. The summed E-state index contributed by atoms with van der Waals surface area (Å²) in [5, 5.41) is 11.6. The predicted octanol–water partition coefficient (Wildman–Crippen LogP) is -0.561. The Balaban J connectivity index is 0.000000278. The first-order chi connectivity index (χ1) is 8.22. The summed E-state index contributed by atoms with van der Waals surface area (Å²) in [7, 11) is 3.29. The third-order valence-corrected chi connectivity index (χ3v) is 2.50. The largest absolute Gasteiger partial charge is 0.378 e. The van der Waals surface area contributed by atoms with Crippen molar-refractivity contribution in [3.05, 3.63) is 0 Å². The van der Waals surface area contributed by atoms with Gasteiger partial charge in [0, 0.05) is 19.4 Å². The average Bonchev–Trinajstić information content (AvgIpc) is 3.04. The minimum Gasteiger partial charge on any atom is -0.378 e. The number of ether oxygens (including phenoxy) is 2. The fraction of sp³-hybridized carbons (Fsp3) is 0.818. The molecule has 0 saturated carbocycles. The molecule has 1 atom stereocenters. The SMILES string of the molecule is CN.CNC1(C#N)CCOC1.O=C1CCOC1. The Morgan fingerprint density at radius 1 is 1.41 bits per heavy atom. The van der Waals surface area contributed by atoms with Gasteiger partial charge in [0.2, 0.25) is 0 Å². The topological polar surface area (TPSA) is 97.4 Å². The van der Waals surface area contributed by atoms with Gasteiger partial charge in [0.15, 0.2) is 5.78 Å². The molecular weight excluding hydrogens is 222 g/mol. The molecule has 2 aliphatic rings. The van der Waals surface area contributed by atoms with E-state index in [1.54, 1.807) is 7.05 Å². The van der Waals surface area contributed by atoms with E-state index in [2.05, 4.69) is 17.1 Å². The Morgan fingerprint density at radius 3 is 2.29 bits per heavy atom. The van der Waals surface area contributed by atoms with E-state index < -0.39 is 0 Å². The molecule has 2 fully saturated rings. The standard InChI is InChI=1S/C6H10N2O.C4H6O2.CH5N/c1-8-6(4-7)2-3-9-5-6;5-4-1-2-6-3-4;1-2/h8H,2-3,5H2,1H3;1-3H2;2H2,1H3. The molecule has 0 amide bonds. The molecule has 1 unspecified atom stereocenters. The van der Waals surface area contributed by atoms with Gasteiger partial charge in [0.1, 0.15) is 12.1 Å². The van der Waals surface area contributed by atoms with E-state index in [-0.39, 0.29) is 11.3 Å². The highest BCUT2D eigenvalue weighted by molar-refractivity contribution is 5.81. The second kappa shape index (κ2) is 9.07. The third-order valence-electron chi connectivity index (χ3n) is 2.50. The number of hydrogen-bond donors (Lipinski definition) is 2. The van der Waals surface area contributed by atoms with Crippen LogP contribution >= 0.6 is 0 Å². The molecule has 98 valence electrons. The van der Waals surface area contributed by atoms with Crippen LogP contribution in [0.5, 0.6) is 0 Å². The second-order valence-electron chi connectivity index (χ2n) is 3.59. The number of nitriles is 1. The van der Waals surface area contributed by atoms with E-state index >= 15 is 0 Å². The zero-order valence-electron chi connectivity index (χ0n) is 10.5. The number of rotatable bonds is 1. The number of nitrogens with two attached hydrogens (primary N) is 1. The molecule has 0 aromatic heterocycles. The highest BCUT2D eigenvalue weighted by Crippen LogP contribution is 2.15. The van der Waals surface area contributed by atoms with Crippen molar-refractivity contribution in [1.29, 1.82) is 5.26 Å². The number of likely N-dealkylation sites (N-methyl/N-ethyl adjacent to an activating group) is 1. The monoisotopic (exact) mass is 243 g/mol. The van der Waals surface area contributed by atoms with Gasteiger partial charge in [-0.1, -0.05) is 0 Å². The zero-order chi connectivity index (χ0) is 13.1. The van der Waals surface area contributed by atoms with Gasteiger partial charge in [0.05, 0.1) is 19.3 Å². The molecule has 0 aliphatic carbocycles. The molecule has 0 radical (unpaired) electrons. The molecule has 0 bridgehead atoms.